The standard InChI is InChI=1S/C22H32N6O/c1-16(2)27-12-11-25(13-17-5-6-17)15-19(27)21-24-23-20-8-7-18(14-28(20)21)22(29)26-9-3-4-10-26/h7-8,14,16-17,19H,3-6,9-13,15H2,1-2H3. The second-order valence-corrected chi connectivity index (χ2v) is 9.25. The Bertz CT molecular complexity index is 883. The zero-order valence-electron chi connectivity index (χ0n) is 17.6. The van der Waals surface area contributed by atoms with Gasteiger partial charge < -0.3 is 4.90 Å². The number of nitrogens with zero attached hydrogens (tertiary/aromatic N) is 6. The van der Waals surface area contributed by atoms with E-state index in [1.807, 2.05) is 23.2 Å². The molecule has 0 spiro atoms. The molecule has 2 aromatic rings. The van der Waals surface area contributed by atoms with Gasteiger partial charge in [-0.15, -0.1) is 10.2 Å². The zero-order chi connectivity index (χ0) is 20.0. The Hall–Kier alpha value is -1.99. The van der Waals surface area contributed by atoms with Crippen LogP contribution in [-0.2, 0) is 0 Å². The molecule has 5 rings (SSSR count). The van der Waals surface area contributed by atoms with Gasteiger partial charge in [0.2, 0.25) is 0 Å². The smallest absolute Gasteiger partial charge is 0.255 e. The van der Waals surface area contributed by atoms with Gasteiger partial charge in [-0.3, -0.25) is 19.0 Å². The molecule has 3 fully saturated rings. The monoisotopic (exact) mass is 396 g/mol. The number of piperazine rings is 1. The molecule has 0 aromatic carbocycles. The number of aromatic nitrogens is 3. The van der Waals surface area contributed by atoms with Crippen molar-refractivity contribution in [3.05, 3.63) is 29.7 Å². The van der Waals surface area contributed by atoms with E-state index < -0.39 is 0 Å². The summed E-state index contributed by atoms with van der Waals surface area (Å²) in [4.78, 5) is 20.0. The van der Waals surface area contributed by atoms with Gasteiger partial charge in [-0.25, -0.2) is 0 Å². The molecule has 3 aliphatic rings. The Kier molecular flexibility index (Phi) is 5.04. The average Bonchev–Trinajstić information content (AvgIpc) is 3.20. The Balaban J connectivity index is 1.46. The third kappa shape index (κ3) is 3.78. The summed E-state index contributed by atoms with van der Waals surface area (Å²) in [5.41, 5.74) is 1.56. The molecule has 29 heavy (non-hydrogen) atoms. The van der Waals surface area contributed by atoms with E-state index in [2.05, 4.69) is 38.2 Å². The highest BCUT2D eigenvalue weighted by molar-refractivity contribution is 5.94. The van der Waals surface area contributed by atoms with Gasteiger partial charge in [0.1, 0.15) is 0 Å². The lowest BCUT2D eigenvalue weighted by Gasteiger charge is -2.42. The topological polar surface area (TPSA) is 57.0 Å². The number of hydrogen-bond donors (Lipinski definition) is 0. The van der Waals surface area contributed by atoms with Crippen LogP contribution in [0, 0.1) is 5.92 Å². The molecule has 0 radical (unpaired) electrons. The number of hydrogen-bond acceptors (Lipinski definition) is 5. The number of rotatable bonds is 5. The molecule has 7 nitrogen and oxygen atoms in total. The van der Waals surface area contributed by atoms with Crippen molar-refractivity contribution in [3.8, 4) is 0 Å². The lowest BCUT2D eigenvalue weighted by atomic mass is 10.1. The van der Waals surface area contributed by atoms with Crippen LogP contribution >= 0.6 is 0 Å². The zero-order valence-corrected chi connectivity index (χ0v) is 17.6. The number of likely N-dealkylation sites (tertiary alicyclic amines) is 1. The minimum absolute atomic E-state index is 0.128. The fourth-order valence-corrected chi connectivity index (χ4v) is 4.90. The van der Waals surface area contributed by atoms with Crippen LogP contribution in [0.1, 0.15) is 61.8 Å². The summed E-state index contributed by atoms with van der Waals surface area (Å²) in [7, 11) is 0. The van der Waals surface area contributed by atoms with Crippen LogP contribution in [0.25, 0.3) is 5.65 Å². The third-order valence-corrected chi connectivity index (χ3v) is 6.75. The predicted molar refractivity (Wildman–Crippen MR) is 112 cm³/mol. The van der Waals surface area contributed by atoms with Crippen LogP contribution < -0.4 is 0 Å². The summed E-state index contributed by atoms with van der Waals surface area (Å²) in [6.45, 7) is 10.6. The van der Waals surface area contributed by atoms with Gasteiger partial charge in [-0.05, 0) is 57.6 Å². The molecule has 0 N–H and O–H groups in total. The summed E-state index contributed by atoms with van der Waals surface area (Å²) >= 11 is 0. The summed E-state index contributed by atoms with van der Waals surface area (Å²) in [5.74, 6) is 1.98. The first kappa shape index (κ1) is 19.0. The molecule has 7 heteroatoms. The number of carbonyl (C=O) groups is 1. The molecular weight excluding hydrogens is 364 g/mol. The van der Waals surface area contributed by atoms with Gasteiger partial charge >= 0.3 is 0 Å². The lowest BCUT2D eigenvalue weighted by molar-refractivity contribution is 0.0437. The molecule has 1 saturated carbocycles. The van der Waals surface area contributed by atoms with Crippen molar-refractivity contribution in [1.29, 1.82) is 0 Å². The summed E-state index contributed by atoms with van der Waals surface area (Å²) in [6, 6.07) is 4.48. The van der Waals surface area contributed by atoms with Crippen LogP contribution in [0.15, 0.2) is 18.3 Å². The SMILES string of the molecule is CC(C)N1CCN(CC2CC2)CC1c1nnc2ccc(C(=O)N3CCCC3)cn12. The van der Waals surface area contributed by atoms with Crippen LogP contribution in [0.4, 0.5) is 0 Å². The first-order chi connectivity index (χ1) is 14.1. The fourth-order valence-electron chi connectivity index (χ4n) is 4.90. The highest BCUT2D eigenvalue weighted by Gasteiger charge is 2.35. The van der Waals surface area contributed by atoms with E-state index in [4.69, 9.17) is 0 Å². The third-order valence-electron chi connectivity index (χ3n) is 6.75. The molecule has 1 amide bonds. The normalized spacial score (nSPS) is 24.1. The average molecular weight is 397 g/mol. The van der Waals surface area contributed by atoms with Crippen LogP contribution in [0.2, 0.25) is 0 Å². The van der Waals surface area contributed by atoms with Crippen LogP contribution in [-0.4, -0.2) is 80.5 Å². The first-order valence-corrected chi connectivity index (χ1v) is 11.2. The Morgan fingerprint density at radius 3 is 2.62 bits per heavy atom. The summed E-state index contributed by atoms with van der Waals surface area (Å²) in [6.07, 6.45) is 6.93. The minimum Gasteiger partial charge on any atom is -0.339 e. The van der Waals surface area contributed by atoms with Gasteiger partial charge in [-0.2, -0.15) is 0 Å². The summed E-state index contributed by atoms with van der Waals surface area (Å²) in [5, 5.41) is 9.03. The van der Waals surface area contributed by atoms with E-state index in [1.54, 1.807) is 0 Å². The van der Waals surface area contributed by atoms with E-state index in [9.17, 15) is 4.79 Å². The molecule has 4 heterocycles. The lowest BCUT2D eigenvalue weighted by Crippen LogP contribution is -2.51. The molecule has 2 aliphatic heterocycles. The number of amides is 1. The van der Waals surface area contributed by atoms with Crippen molar-refractivity contribution in [1.82, 2.24) is 29.3 Å². The van der Waals surface area contributed by atoms with E-state index in [0.29, 0.717) is 6.04 Å². The maximum absolute atomic E-state index is 12.9. The van der Waals surface area contributed by atoms with E-state index in [1.165, 1.54) is 19.4 Å². The molecule has 156 valence electrons. The van der Waals surface area contributed by atoms with Crippen molar-refractivity contribution in [2.45, 2.75) is 51.6 Å². The largest absolute Gasteiger partial charge is 0.339 e. The molecule has 1 unspecified atom stereocenters. The van der Waals surface area contributed by atoms with E-state index in [0.717, 1.165) is 68.5 Å². The minimum atomic E-state index is 0.128. The molecule has 0 bridgehead atoms. The summed E-state index contributed by atoms with van der Waals surface area (Å²) < 4.78 is 2.06. The molecule has 1 atom stereocenters. The second-order valence-electron chi connectivity index (χ2n) is 9.25. The van der Waals surface area contributed by atoms with Crippen molar-refractivity contribution < 1.29 is 4.79 Å². The van der Waals surface area contributed by atoms with Gasteiger partial charge in [0.05, 0.1) is 11.6 Å². The number of carbonyl (C=O) groups excluding carboxylic acids is 1. The molecule has 2 aromatic heterocycles. The highest BCUT2D eigenvalue weighted by Crippen LogP contribution is 2.33. The molecular formula is C22H32N6O. The molecule has 1 aliphatic carbocycles. The van der Waals surface area contributed by atoms with Crippen LogP contribution in [0.3, 0.4) is 0 Å². The second kappa shape index (κ2) is 7.69. The molecule has 2 saturated heterocycles. The van der Waals surface area contributed by atoms with Crippen molar-refractivity contribution in [3.63, 3.8) is 0 Å². The van der Waals surface area contributed by atoms with E-state index >= 15 is 0 Å². The first-order valence-electron chi connectivity index (χ1n) is 11.2. The highest BCUT2D eigenvalue weighted by atomic mass is 16.2. The van der Waals surface area contributed by atoms with Gasteiger partial charge in [0.15, 0.2) is 11.5 Å². The number of fused-ring (bicyclic) bond motifs is 1. The Morgan fingerprint density at radius 1 is 1.10 bits per heavy atom. The van der Waals surface area contributed by atoms with Crippen molar-refractivity contribution in [2.75, 3.05) is 39.3 Å². The Labute approximate surface area is 172 Å². The van der Waals surface area contributed by atoms with Crippen molar-refractivity contribution >= 4 is 11.6 Å². The quantitative estimate of drug-likeness (QED) is 0.777. The Morgan fingerprint density at radius 2 is 1.90 bits per heavy atom. The van der Waals surface area contributed by atoms with Gasteiger partial charge in [-0.1, -0.05) is 0 Å². The van der Waals surface area contributed by atoms with Crippen molar-refractivity contribution in [2.24, 2.45) is 5.92 Å². The maximum Gasteiger partial charge on any atom is 0.255 e. The van der Waals surface area contributed by atoms with Gasteiger partial charge in [0.25, 0.3) is 5.91 Å². The fraction of sp³-hybridized carbons (Fsp3) is 0.682. The number of pyridine rings is 1. The maximum atomic E-state index is 12.9. The van der Waals surface area contributed by atoms with Gasteiger partial charge in [0, 0.05) is 51.5 Å². The van der Waals surface area contributed by atoms with E-state index in [-0.39, 0.29) is 11.9 Å². The van der Waals surface area contributed by atoms with Crippen LogP contribution in [0.5, 0.6) is 0 Å². The predicted octanol–water partition coefficient (Wildman–Crippen LogP) is 2.44.